The molecule has 12 aromatic rings. The van der Waals surface area contributed by atoms with Crippen molar-refractivity contribution in [1.82, 2.24) is 0 Å². The van der Waals surface area contributed by atoms with Gasteiger partial charge in [0.05, 0.1) is 6.54 Å². The number of rotatable bonds is 6. The molecule has 0 saturated heterocycles. The summed E-state index contributed by atoms with van der Waals surface area (Å²) in [4.78, 5) is 14.6. The highest BCUT2D eigenvalue weighted by molar-refractivity contribution is 6.18. The van der Waals surface area contributed by atoms with Crippen molar-refractivity contribution in [3.05, 3.63) is 217 Å². The Morgan fingerprint density at radius 1 is 0.397 bits per heavy atom. The topological polar surface area (TPSA) is 63.4 Å². The van der Waals surface area contributed by atoms with E-state index >= 15 is 0 Å². The molecule has 5 nitrogen and oxygen atoms in total. The number of para-hydroxylation sites is 1. The summed E-state index contributed by atoms with van der Waals surface area (Å²) in [5.41, 5.74) is 10.8. The Morgan fingerprint density at radius 3 is 1.97 bits per heavy atom. The summed E-state index contributed by atoms with van der Waals surface area (Å²) < 4.78 is 12.6. The van der Waals surface area contributed by atoms with Crippen LogP contribution >= 0.6 is 0 Å². The van der Waals surface area contributed by atoms with Crippen molar-refractivity contribution in [3.8, 4) is 22.3 Å². The van der Waals surface area contributed by atoms with Gasteiger partial charge >= 0.3 is 0 Å². The summed E-state index contributed by atoms with van der Waals surface area (Å²) in [5.74, 6) is 1.08. The van der Waals surface area contributed by atoms with Gasteiger partial charge in [0.1, 0.15) is 22.3 Å². The Kier molecular flexibility index (Phi) is 8.64. The SMILES string of the molecule is C=N/C(=N\C(=N/Cc1ccc2oc3ccccc3c2c1)c1ccc2ccc(-c3cccc4oc5ccc(-c6cc7ccccc7c7ccccc67)cc5c34)cc2c1)c1ccccc1. The van der Waals surface area contributed by atoms with Gasteiger partial charge in [0.2, 0.25) is 0 Å². The molecule has 0 bridgehead atoms. The molecule has 0 atom stereocenters. The second-order valence-electron chi connectivity index (χ2n) is 16.0. The van der Waals surface area contributed by atoms with E-state index in [1.165, 1.54) is 27.1 Å². The van der Waals surface area contributed by atoms with Crippen LogP contribution in [0.25, 0.3) is 98.4 Å². The van der Waals surface area contributed by atoms with Crippen LogP contribution in [-0.4, -0.2) is 18.4 Å². The maximum absolute atomic E-state index is 6.54. The molecule has 63 heavy (non-hydrogen) atoms. The number of hydrogen-bond acceptors (Lipinski definition) is 3. The lowest BCUT2D eigenvalue weighted by Crippen LogP contribution is -2.05. The Bertz CT molecular complexity index is 3850. The molecule has 0 radical (unpaired) electrons. The molecule has 2 heterocycles. The van der Waals surface area contributed by atoms with Crippen LogP contribution < -0.4 is 0 Å². The van der Waals surface area contributed by atoms with Gasteiger partial charge in [0, 0.05) is 32.7 Å². The highest BCUT2D eigenvalue weighted by atomic mass is 16.3. The van der Waals surface area contributed by atoms with E-state index < -0.39 is 0 Å². The summed E-state index contributed by atoms with van der Waals surface area (Å²) >= 11 is 0. The Balaban J connectivity index is 0.973. The van der Waals surface area contributed by atoms with E-state index in [1.807, 2.05) is 54.6 Å². The number of aliphatic imine (C=N–C) groups is 3. The minimum Gasteiger partial charge on any atom is -0.456 e. The fourth-order valence-corrected chi connectivity index (χ4v) is 9.19. The van der Waals surface area contributed by atoms with E-state index in [2.05, 4.69) is 157 Å². The van der Waals surface area contributed by atoms with Gasteiger partial charge in [-0.1, -0.05) is 146 Å². The Hall–Kier alpha value is -8.41. The molecule has 0 aliphatic heterocycles. The van der Waals surface area contributed by atoms with Crippen LogP contribution in [-0.2, 0) is 6.54 Å². The number of fused-ring (bicyclic) bond motifs is 10. The zero-order chi connectivity index (χ0) is 41.9. The molecule has 12 rings (SSSR count). The summed E-state index contributed by atoms with van der Waals surface area (Å²) in [6, 6.07) is 69.9. The molecule has 0 amide bonds. The van der Waals surface area contributed by atoms with E-state index in [0.29, 0.717) is 18.2 Å². The predicted octanol–water partition coefficient (Wildman–Crippen LogP) is 15.4. The molecule has 0 aliphatic carbocycles. The average molecular weight is 808 g/mol. The van der Waals surface area contributed by atoms with Gasteiger partial charge in [-0.25, -0.2) is 9.98 Å². The third-order valence-corrected chi connectivity index (χ3v) is 12.2. The zero-order valence-electron chi connectivity index (χ0n) is 34.1. The van der Waals surface area contributed by atoms with Crippen molar-refractivity contribution < 1.29 is 8.83 Å². The van der Waals surface area contributed by atoms with Gasteiger partial charge in [-0.05, 0) is 121 Å². The Labute approximate surface area is 362 Å². The maximum atomic E-state index is 6.54. The normalized spacial score (nSPS) is 12.4. The van der Waals surface area contributed by atoms with Gasteiger partial charge in [-0.2, -0.15) is 0 Å². The van der Waals surface area contributed by atoms with Crippen molar-refractivity contribution in [2.24, 2.45) is 15.0 Å². The summed E-state index contributed by atoms with van der Waals surface area (Å²) in [6.45, 7) is 4.31. The lowest BCUT2D eigenvalue weighted by atomic mass is 9.92. The molecule has 5 heteroatoms. The van der Waals surface area contributed by atoms with Gasteiger partial charge in [0.25, 0.3) is 0 Å². The van der Waals surface area contributed by atoms with Crippen LogP contribution in [0, 0.1) is 0 Å². The van der Waals surface area contributed by atoms with Gasteiger partial charge in [0.15, 0.2) is 11.7 Å². The van der Waals surface area contributed by atoms with Crippen molar-refractivity contribution in [1.29, 1.82) is 0 Å². The summed E-state index contributed by atoms with van der Waals surface area (Å²) in [5, 5.41) is 11.5. The fourth-order valence-electron chi connectivity index (χ4n) is 9.19. The highest BCUT2D eigenvalue weighted by Gasteiger charge is 2.17. The van der Waals surface area contributed by atoms with E-state index in [1.54, 1.807) is 0 Å². The molecule has 2 aromatic heterocycles. The maximum Gasteiger partial charge on any atom is 0.161 e. The molecule has 296 valence electrons. The van der Waals surface area contributed by atoms with Gasteiger partial charge in [-0.15, -0.1) is 0 Å². The molecular weight excluding hydrogens is 771 g/mol. The van der Waals surface area contributed by atoms with Crippen LogP contribution in [0.4, 0.5) is 0 Å². The predicted molar refractivity (Wildman–Crippen MR) is 264 cm³/mol. The van der Waals surface area contributed by atoms with Gasteiger partial charge < -0.3 is 8.83 Å². The second kappa shape index (κ2) is 14.9. The van der Waals surface area contributed by atoms with Crippen LogP contribution in [0.3, 0.4) is 0 Å². The van der Waals surface area contributed by atoms with Crippen LogP contribution in [0.2, 0.25) is 0 Å². The summed E-state index contributed by atoms with van der Waals surface area (Å²) in [6.07, 6.45) is 0. The van der Waals surface area contributed by atoms with E-state index in [0.717, 1.165) is 88.0 Å². The smallest absolute Gasteiger partial charge is 0.161 e. The molecule has 10 aromatic carbocycles. The standard InChI is InChI=1S/C58H37N3O2/c1-59-57(38-12-3-2-4-13-38)61-58(60-35-36-22-28-53-50(30-36)48-18-9-10-20-52(48)62-53)42-26-24-37-23-25-40(31-43(37)32-42)45-19-11-21-55-56(45)51-34-41(27-29-54(51)63-55)49-33-39-14-5-6-15-44(39)46-16-7-8-17-47(46)49/h2-34H,1,35H2/b60-58-,61-57-. The second-order valence-corrected chi connectivity index (χ2v) is 16.0. The monoisotopic (exact) mass is 807 g/mol. The third-order valence-electron chi connectivity index (χ3n) is 12.2. The number of hydrogen-bond donors (Lipinski definition) is 0. The first kappa shape index (κ1) is 36.4. The van der Waals surface area contributed by atoms with Crippen molar-refractivity contribution in [2.75, 3.05) is 0 Å². The van der Waals surface area contributed by atoms with Crippen LogP contribution in [0.5, 0.6) is 0 Å². The van der Waals surface area contributed by atoms with E-state index in [-0.39, 0.29) is 0 Å². The number of benzene rings is 10. The molecule has 0 N–H and O–H groups in total. The van der Waals surface area contributed by atoms with Crippen molar-refractivity contribution in [3.63, 3.8) is 0 Å². The summed E-state index contributed by atoms with van der Waals surface area (Å²) in [7, 11) is 0. The number of amidine groups is 2. The zero-order valence-corrected chi connectivity index (χ0v) is 34.1. The molecular formula is C58H37N3O2. The van der Waals surface area contributed by atoms with Crippen molar-refractivity contribution >= 4 is 94.6 Å². The molecule has 0 saturated carbocycles. The van der Waals surface area contributed by atoms with Crippen molar-refractivity contribution in [2.45, 2.75) is 6.54 Å². The van der Waals surface area contributed by atoms with E-state index in [9.17, 15) is 0 Å². The molecule has 0 spiro atoms. The first-order valence-corrected chi connectivity index (χ1v) is 21.1. The number of nitrogens with zero attached hydrogens (tertiary/aromatic N) is 3. The lowest BCUT2D eigenvalue weighted by Gasteiger charge is -2.11. The fraction of sp³-hybridized carbons (Fsp3) is 0.0172. The average Bonchev–Trinajstić information content (AvgIpc) is 3.91. The lowest BCUT2D eigenvalue weighted by molar-refractivity contribution is 0.668. The first-order chi connectivity index (χ1) is 31.1. The van der Waals surface area contributed by atoms with Crippen LogP contribution in [0.1, 0.15) is 16.7 Å². The van der Waals surface area contributed by atoms with E-state index in [4.69, 9.17) is 18.8 Å². The largest absolute Gasteiger partial charge is 0.456 e. The minimum absolute atomic E-state index is 0.415. The third kappa shape index (κ3) is 6.37. The quantitative estimate of drug-likeness (QED) is 0.0954. The minimum atomic E-state index is 0.415. The van der Waals surface area contributed by atoms with Crippen LogP contribution in [0.15, 0.2) is 224 Å². The first-order valence-electron chi connectivity index (χ1n) is 21.1. The molecule has 0 fully saturated rings. The molecule has 0 aliphatic rings. The highest BCUT2D eigenvalue weighted by Crippen LogP contribution is 2.41. The molecule has 0 unspecified atom stereocenters. The van der Waals surface area contributed by atoms with Gasteiger partial charge in [-0.3, -0.25) is 4.99 Å². The number of furan rings is 2. The Morgan fingerprint density at radius 2 is 1.08 bits per heavy atom.